The van der Waals surface area contributed by atoms with E-state index in [-0.39, 0.29) is 0 Å². The van der Waals surface area contributed by atoms with Crippen LogP contribution in [-0.2, 0) is 19.3 Å². The molecule has 2 aromatic carbocycles. The van der Waals surface area contributed by atoms with Gasteiger partial charge in [-0.1, -0.05) is 70.5 Å². The second-order valence-corrected chi connectivity index (χ2v) is 5.03. The molecule has 2 rings (SSSR count). The van der Waals surface area contributed by atoms with Crippen LogP contribution < -0.4 is 0 Å². The van der Waals surface area contributed by atoms with Crippen molar-refractivity contribution in [3.05, 3.63) is 71.3 Å². The number of rotatable bonds is 5. The van der Waals surface area contributed by atoms with Crippen LogP contribution in [0.5, 0.6) is 0 Å². The van der Waals surface area contributed by atoms with Crippen molar-refractivity contribution in [2.24, 2.45) is 0 Å². The number of halogens is 1. The highest BCUT2D eigenvalue weighted by Crippen LogP contribution is 2.10. The average Bonchev–Trinajstić information content (AvgIpc) is 2.40. The van der Waals surface area contributed by atoms with Gasteiger partial charge in [-0.2, -0.15) is 0 Å². The maximum absolute atomic E-state index is 3.47. The molecule has 0 nitrogen and oxygen atoms in total. The van der Waals surface area contributed by atoms with Crippen LogP contribution >= 0.6 is 15.9 Å². The Hall–Kier alpha value is -1.08. The molecule has 17 heavy (non-hydrogen) atoms. The molecule has 0 spiro atoms. The van der Waals surface area contributed by atoms with E-state index in [1.165, 1.54) is 16.7 Å². The standard InChI is InChI=1S/C16H17Br/c17-13-12-16-10-8-15(9-11-16)7-6-14-4-2-1-3-5-14/h1-5,8-11H,6-7,12-13H2. The van der Waals surface area contributed by atoms with Crippen molar-refractivity contribution in [3.8, 4) is 0 Å². The first-order valence-electron chi connectivity index (χ1n) is 6.06. The van der Waals surface area contributed by atoms with Crippen molar-refractivity contribution in [1.82, 2.24) is 0 Å². The SMILES string of the molecule is BrCCc1ccc(CCc2ccccc2)cc1. The zero-order valence-corrected chi connectivity index (χ0v) is 11.5. The molecule has 0 aliphatic heterocycles. The monoisotopic (exact) mass is 288 g/mol. The molecule has 0 fully saturated rings. The fourth-order valence-electron chi connectivity index (χ4n) is 1.92. The third-order valence-electron chi connectivity index (χ3n) is 2.95. The van der Waals surface area contributed by atoms with Gasteiger partial charge in [0.25, 0.3) is 0 Å². The molecule has 2 aromatic rings. The molecule has 0 aromatic heterocycles. The molecule has 0 radical (unpaired) electrons. The fraction of sp³-hybridized carbons (Fsp3) is 0.250. The molecular formula is C16H17Br. The summed E-state index contributed by atoms with van der Waals surface area (Å²) in [5.74, 6) is 0. The summed E-state index contributed by atoms with van der Waals surface area (Å²) in [7, 11) is 0. The Morgan fingerprint density at radius 2 is 1.06 bits per heavy atom. The second-order valence-electron chi connectivity index (χ2n) is 4.24. The number of alkyl halides is 1. The molecule has 1 heteroatoms. The van der Waals surface area contributed by atoms with Crippen LogP contribution in [-0.4, -0.2) is 5.33 Å². The molecule has 0 bridgehead atoms. The van der Waals surface area contributed by atoms with E-state index in [0.29, 0.717) is 0 Å². The van der Waals surface area contributed by atoms with E-state index < -0.39 is 0 Å². The summed E-state index contributed by atoms with van der Waals surface area (Å²) in [5, 5.41) is 1.04. The third kappa shape index (κ3) is 4.01. The minimum absolute atomic E-state index is 1.04. The van der Waals surface area contributed by atoms with Gasteiger partial charge < -0.3 is 0 Å². The maximum Gasteiger partial charge on any atom is 0.00718 e. The zero-order valence-electron chi connectivity index (χ0n) is 9.90. The summed E-state index contributed by atoms with van der Waals surface area (Å²) in [6, 6.07) is 19.6. The minimum Gasteiger partial charge on any atom is -0.0924 e. The predicted molar refractivity (Wildman–Crippen MR) is 77.8 cm³/mol. The van der Waals surface area contributed by atoms with E-state index in [1.807, 2.05) is 0 Å². The van der Waals surface area contributed by atoms with Crippen LogP contribution in [0.3, 0.4) is 0 Å². The second kappa shape index (κ2) is 6.61. The van der Waals surface area contributed by atoms with Gasteiger partial charge in [0.1, 0.15) is 0 Å². The summed E-state index contributed by atoms with van der Waals surface area (Å²) < 4.78 is 0. The van der Waals surface area contributed by atoms with Gasteiger partial charge in [0.05, 0.1) is 0 Å². The lowest BCUT2D eigenvalue weighted by atomic mass is 10.0. The maximum atomic E-state index is 3.47. The summed E-state index contributed by atoms with van der Waals surface area (Å²) in [5.41, 5.74) is 4.24. The van der Waals surface area contributed by atoms with Crippen molar-refractivity contribution >= 4 is 15.9 Å². The first kappa shape index (κ1) is 12.4. The molecule has 0 saturated carbocycles. The number of hydrogen-bond donors (Lipinski definition) is 0. The van der Waals surface area contributed by atoms with Crippen LogP contribution in [0.1, 0.15) is 16.7 Å². The first-order valence-corrected chi connectivity index (χ1v) is 7.18. The van der Waals surface area contributed by atoms with Gasteiger partial charge in [-0.25, -0.2) is 0 Å². The molecule has 0 amide bonds. The smallest absolute Gasteiger partial charge is 0.00718 e. The number of hydrogen-bond acceptors (Lipinski definition) is 0. The molecule has 88 valence electrons. The normalized spacial score (nSPS) is 10.4. The zero-order chi connectivity index (χ0) is 11.9. The summed E-state index contributed by atoms with van der Waals surface area (Å²) in [6.07, 6.45) is 3.36. The van der Waals surface area contributed by atoms with Crippen LogP contribution in [0.2, 0.25) is 0 Å². The van der Waals surface area contributed by atoms with Crippen LogP contribution in [0, 0.1) is 0 Å². The van der Waals surface area contributed by atoms with Crippen LogP contribution in [0.15, 0.2) is 54.6 Å². The lowest BCUT2D eigenvalue weighted by Crippen LogP contribution is -1.92. The van der Waals surface area contributed by atoms with Gasteiger partial charge in [0, 0.05) is 5.33 Å². The van der Waals surface area contributed by atoms with Crippen molar-refractivity contribution in [3.63, 3.8) is 0 Å². The van der Waals surface area contributed by atoms with Crippen molar-refractivity contribution in [2.75, 3.05) is 5.33 Å². The Morgan fingerprint density at radius 1 is 0.588 bits per heavy atom. The van der Waals surface area contributed by atoms with E-state index in [4.69, 9.17) is 0 Å². The van der Waals surface area contributed by atoms with Gasteiger partial charge in [0.2, 0.25) is 0 Å². The molecule has 0 aliphatic rings. The highest BCUT2D eigenvalue weighted by Gasteiger charge is 1.96. The van der Waals surface area contributed by atoms with E-state index in [1.54, 1.807) is 0 Å². The molecule has 0 N–H and O–H groups in total. The van der Waals surface area contributed by atoms with E-state index >= 15 is 0 Å². The van der Waals surface area contributed by atoms with Crippen LogP contribution in [0.4, 0.5) is 0 Å². The average molecular weight is 289 g/mol. The van der Waals surface area contributed by atoms with Gasteiger partial charge in [0.15, 0.2) is 0 Å². The Labute approximate surface area is 112 Å². The Kier molecular flexibility index (Phi) is 4.81. The highest BCUT2D eigenvalue weighted by molar-refractivity contribution is 9.09. The predicted octanol–water partition coefficient (Wildman–Crippen LogP) is 4.41. The van der Waals surface area contributed by atoms with Crippen LogP contribution in [0.25, 0.3) is 0 Å². The Balaban J connectivity index is 1.91. The number of aryl methyl sites for hydroxylation is 3. The molecule has 0 heterocycles. The summed E-state index contributed by atoms with van der Waals surface area (Å²) in [4.78, 5) is 0. The molecular weight excluding hydrogens is 272 g/mol. The number of benzene rings is 2. The lowest BCUT2D eigenvalue weighted by Gasteiger charge is -2.03. The van der Waals surface area contributed by atoms with Crippen molar-refractivity contribution in [2.45, 2.75) is 19.3 Å². The van der Waals surface area contributed by atoms with E-state index in [2.05, 4.69) is 70.5 Å². The Bertz CT molecular complexity index is 431. The molecule has 0 unspecified atom stereocenters. The highest BCUT2D eigenvalue weighted by atomic mass is 79.9. The van der Waals surface area contributed by atoms with E-state index in [0.717, 1.165) is 24.6 Å². The fourth-order valence-corrected chi connectivity index (χ4v) is 2.37. The quantitative estimate of drug-likeness (QED) is 0.715. The van der Waals surface area contributed by atoms with Gasteiger partial charge in [-0.05, 0) is 36.0 Å². The Morgan fingerprint density at radius 3 is 1.59 bits per heavy atom. The minimum atomic E-state index is 1.04. The van der Waals surface area contributed by atoms with Crippen molar-refractivity contribution < 1.29 is 0 Å². The van der Waals surface area contributed by atoms with Gasteiger partial charge >= 0.3 is 0 Å². The van der Waals surface area contributed by atoms with Crippen molar-refractivity contribution in [1.29, 1.82) is 0 Å². The first-order chi connectivity index (χ1) is 8.38. The lowest BCUT2D eigenvalue weighted by molar-refractivity contribution is 0.957. The summed E-state index contributed by atoms with van der Waals surface area (Å²) >= 11 is 3.47. The van der Waals surface area contributed by atoms with Gasteiger partial charge in [-0.15, -0.1) is 0 Å². The topological polar surface area (TPSA) is 0 Å². The summed E-state index contributed by atoms with van der Waals surface area (Å²) in [6.45, 7) is 0. The molecule has 0 aliphatic carbocycles. The largest absolute Gasteiger partial charge is 0.0924 e. The molecule has 0 saturated heterocycles. The third-order valence-corrected chi connectivity index (χ3v) is 3.35. The van der Waals surface area contributed by atoms with E-state index in [9.17, 15) is 0 Å². The van der Waals surface area contributed by atoms with Gasteiger partial charge in [-0.3, -0.25) is 0 Å². The molecule has 0 atom stereocenters.